The molecule has 0 radical (unpaired) electrons. The van der Waals surface area contributed by atoms with E-state index in [0.29, 0.717) is 0 Å². The van der Waals surface area contributed by atoms with Crippen molar-refractivity contribution >= 4 is 11.7 Å². The maximum Gasteiger partial charge on any atom is 0.267 e. The largest absolute Gasteiger partial charge is 0.383 e. The van der Waals surface area contributed by atoms with Crippen LogP contribution in [-0.4, -0.2) is 10.9 Å². The Labute approximate surface area is 78.9 Å². The Hall–Kier alpha value is -1.72. The SMILES string of the molecule is Cc1c(C(F)F)cc(C(N)=O)nc1N. The van der Waals surface area contributed by atoms with E-state index in [0.717, 1.165) is 6.07 Å². The van der Waals surface area contributed by atoms with Gasteiger partial charge in [-0.3, -0.25) is 4.79 Å². The fraction of sp³-hybridized carbons (Fsp3) is 0.250. The monoisotopic (exact) mass is 201 g/mol. The quantitative estimate of drug-likeness (QED) is 0.749. The van der Waals surface area contributed by atoms with E-state index in [-0.39, 0.29) is 22.6 Å². The molecule has 0 aliphatic carbocycles. The maximum absolute atomic E-state index is 12.4. The van der Waals surface area contributed by atoms with Gasteiger partial charge < -0.3 is 11.5 Å². The third-order valence-corrected chi connectivity index (χ3v) is 1.84. The van der Waals surface area contributed by atoms with Gasteiger partial charge in [0.2, 0.25) is 0 Å². The predicted molar refractivity (Wildman–Crippen MR) is 46.9 cm³/mol. The van der Waals surface area contributed by atoms with Crippen LogP contribution in [0.2, 0.25) is 0 Å². The first-order valence-corrected chi connectivity index (χ1v) is 3.78. The molecular formula is C8H9F2N3O. The summed E-state index contributed by atoms with van der Waals surface area (Å²) >= 11 is 0. The summed E-state index contributed by atoms with van der Waals surface area (Å²) in [6.07, 6.45) is -2.70. The minimum absolute atomic E-state index is 0.100. The zero-order valence-corrected chi connectivity index (χ0v) is 7.42. The Morgan fingerprint density at radius 3 is 2.57 bits per heavy atom. The average Bonchev–Trinajstić information content (AvgIpc) is 2.08. The number of carbonyl (C=O) groups excluding carboxylic acids is 1. The van der Waals surface area contributed by atoms with Gasteiger partial charge in [-0.1, -0.05) is 0 Å². The lowest BCUT2D eigenvalue weighted by atomic mass is 10.1. The Morgan fingerprint density at radius 2 is 2.14 bits per heavy atom. The van der Waals surface area contributed by atoms with Crippen LogP contribution in [0.15, 0.2) is 6.07 Å². The topological polar surface area (TPSA) is 82.0 Å². The summed E-state index contributed by atoms with van der Waals surface area (Å²) in [5.74, 6) is -0.977. The number of carbonyl (C=O) groups is 1. The van der Waals surface area contributed by atoms with Gasteiger partial charge in [0.25, 0.3) is 12.3 Å². The fourth-order valence-electron chi connectivity index (χ4n) is 1.00. The second kappa shape index (κ2) is 3.57. The minimum atomic E-state index is -2.70. The van der Waals surface area contributed by atoms with Gasteiger partial charge in [-0.05, 0) is 13.0 Å². The number of nitrogens with two attached hydrogens (primary N) is 2. The molecule has 0 aromatic carbocycles. The van der Waals surface area contributed by atoms with Gasteiger partial charge in [-0.2, -0.15) is 0 Å². The summed E-state index contributed by atoms with van der Waals surface area (Å²) in [5.41, 5.74) is 9.86. The third kappa shape index (κ3) is 1.78. The molecule has 0 spiro atoms. The standard InChI is InChI=1S/C8H9F2N3O/c1-3-4(6(9)10)2-5(8(12)14)13-7(3)11/h2,6H,1H3,(H2,11,13)(H2,12,14). The van der Waals surface area contributed by atoms with Crippen LogP contribution in [0.3, 0.4) is 0 Å². The number of nitrogens with zero attached hydrogens (tertiary/aromatic N) is 1. The Balaban J connectivity index is 3.35. The number of hydrogen-bond donors (Lipinski definition) is 2. The molecule has 76 valence electrons. The zero-order chi connectivity index (χ0) is 10.9. The van der Waals surface area contributed by atoms with Gasteiger partial charge in [0.15, 0.2) is 0 Å². The second-order valence-electron chi connectivity index (χ2n) is 2.77. The molecule has 1 rings (SSSR count). The van der Waals surface area contributed by atoms with E-state index in [1.54, 1.807) is 0 Å². The molecule has 0 unspecified atom stereocenters. The van der Waals surface area contributed by atoms with Crippen molar-refractivity contribution in [2.75, 3.05) is 5.73 Å². The smallest absolute Gasteiger partial charge is 0.267 e. The normalized spacial score (nSPS) is 10.6. The summed E-state index contributed by atoms with van der Waals surface area (Å²) in [7, 11) is 0. The van der Waals surface area contributed by atoms with E-state index >= 15 is 0 Å². The van der Waals surface area contributed by atoms with E-state index in [2.05, 4.69) is 4.98 Å². The molecule has 0 bridgehead atoms. The van der Waals surface area contributed by atoms with Crippen molar-refractivity contribution in [2.45, 2.75) is 13.3 Å². The highest BCUT2D eigenvalue weighted by atomic mass is 19.3. The minimum Gasteiger partial charge on any atom is -0.383 e. The van der Waals surface area contributed by atoms with Crippen molar-refractivity contribution < 1.29 is 13.6 Å². The molecule has 4 nitrogen and oxygen atoms in total. The molecule has 4 N–H and O–H groups in total. The number of primary amides is 1. The maximum atomic E-state index is 12.4. The number of anilines is 1. The van der Waals surface area contributed by atoms with Gasteiger partial charge in [0, 0.05) is 11.1 Å². The molecule has 1 aromatic heterocycles. The fourth-order valence-corrected chi connectivity index (χ4v) is 1.00. The summed E-state index contributed by atoms with van der Waals surface area (Å²) < 4.78 is 24.8. The van der Waals surface area contributed by atoms with Crippen LogP contribution in [0, 0.1) is 6.92 Å². The highest BCUT2D eigenvalue weighted by Crippen LogP contribution is 2.25. The number of alkyl halides is 2. The van der Waals surface area contributed by atoms with Crippen molar-refractivity contribution in [1.82, 2.24) is 4.98 Å². The van der Waals surface area contributed by atoms with Crippen LogP contribution in [0.25, 0.3) is 0 Å². The van der Waals surface area contributed by atoms with Crippen molar-refractivity contribution in [3.8, 4) is 0 Å². The van der Waals surface area contributed by atoms with Crippen LogP contribution >= 0.6 is 0 Å². The van der Waals surface area contributed by atoms with Crippen LogP contribution < -0.4 is 11.5 Å². The number of hydrogen-bond acceptors (Lipinski definition) is 3. The Kier molecular flexibility index (Phi) is 2.64. The second-order valence-corrected chi connectivity index (χ2v) is 2.77. The number of nitrogen functional groups attached to an aromatic ring is 1. The van der Waals surface area contributed by atoms with E-state index in [1.165, 1.54) is 6.92 Å². The summed E-state index contributed by atoms with van der Waals surface area (Å²) in [4.78, 5) is 14.3. The predicted octanol–water partition coefficient (Wildman–Crippen LogP) is 1.01. The van der Waals surface area contributed by atoms with Crippen molar-refractivity contribution in [3.05, 3.63) is 22.9 Å². The Bertz CT molecular complexity index is 379. The number of amides is 1. The zero-order valence-electron chi connectivity index (χ0n) is 7.42. The van der Waals surface area contributed by atoms with E-state index in [4.69, 9.17) is 11.5 Å². The van der Waals surface area contributed by atoms with Gasteiger partial charge in [0.05, 0.1) is 0 Å². The van der Waals surface area contributed by atoms with E-state index in [1.807, 2.05) is 0 Å². The molecule has 6 heteroatoms. The molecule has 0 aliphatic heterocycles. The lowest BCUT2D eigenvalue weighted by molar-refractivity contribution is 0.0995. The molecular weight excluding hydrogens is 192 g/mol. The van der Waals surface area contributed by atoms with E-state index < -0.39 is 12.3 Å². The average molecular weight is 201 g/mol. The molecule has 0 atom stereocenters. The van der Waals surface area contributed by atoms with Crippen molar-refractivity contribution in [3.63, 3.8) is 0 Å². The van der Waals surface area contributed by atoms with Crippen molar-refractivity contribution in [2.24, 2.45) is 5.73 Å². The molecule has 0 fully saturated rings. The third-order valence-electron chi connectivity index (χ3n) is 1.84. The lowest BCUT2D eigenvalue weighted by Crippen LogP contribution is -2.15. The summed E-state index contributed by atoms with van der Waals surface area (Å²) in [6.45, 7) is 1.41. The first-order valence-electron chi connectivity index (χ1n) is 3.78. The molecule has 0 aliphatic rings. The van der Waals surface area contributed by atoms with Gasteiger partial charge in [-0.15, -0.1) is 0 Å². The molecule has 0 saturated carbocycles. The number of aromatic nitrogens is 1. The molecule has 14 heavy (non-hydrogen) atoms. The number of pyridine rings is 1. The van der Waals surface area contributed by atoms with Gasteiger partial charge >= 0.3 is 0 Å². The van der Waals surface area contributed by atoms with Crippen LogP contribution in [0.4, 0.5) is 14.6 Å². The first kappa shape index (κ1) is 10.4. The Morgan fingerprint density at radius 1 is 1.57 bits per heavy atom. The summed E-state index contributed by atoms with van der Waals surface area (Å²) in [5, 5.41) is 0. The van der Waals surface area contributed by atoms with E-state index in [9.17, 15) is 13.6 Å². The highest BCUT2D eigenvalue weighted by molar-refractivity contribution is 5.91. The molecule has 1 amide bonds. The molecule has 1 heterocycles. The molecule has 0 saturated heterocycles. The molecule has 1 aromatic rings. The van der Waals surface area contributed by atoms with Crippen molar-refractivity contribution in [1.29, 1.82) is 0 Å². The van der Waals surface area contributed by atoms with Crippen LogP contribution in [0.1, 0.15) is 28.0 Å². The van der Waals surface area contributed by atoms with Crippen LogP contribution in [-0.2, 0) is 0 Å². The van der Waals surface area contributed by atoms with Gasteiger partial charge in [-0.25, -0.2) is 13.8 Å². The van der Waals surface area contributed by atoms with Crippen LogP contribution in [0.5, 0.6) is 0 Å². The number of halogens is 2. The summed E-state index contributed by atoms with van der Waals surface area (Å²) in [6, 6.07) is 0.957. The van der Waals surface area contributed by atoms with Gasteiger partial charge in [0.1, 0.15) is 11.5 Å². The highest BCUT2D eigenvalue weighted by Gasteiger charge is 2.16. The number of rotatable bonds is 2. The first-order chi connectivity index (χ1) is 6.43. The lowest BCUT2D eigenvalue weighted by Gasteiger charge is -2.08.